The highest BCUT2D eigenvalue weighted by Gasteiger charge is 2.15. The molecular formula is C14H16N2O4S2. The van der Waals surface area contributed by atoms with Crippen molar-refractivity contribution in [3.63, 3.8) is 0 Å². The second-order valence-electron chi connectivity index (χ2n) is 4.60. The molecule has 0 aliphatic heterocycles. The Hall–Kier alpha value is -2.06. The maximum Gasteiger partial charge on any atom is 0.261 e. The summed E-state index contributed by atoms with van der Waals surface area (Å²) in [5.74, 6) is -0.0104. The summed E-state index contributed by atoms with van der Waals surface area (Å²) in [6, 6.07) is 11.4. The van der Waals surface area contributed by atoms with Crippen LogP contribution < -0.4 is 10.5 Å². The molecule has 3 N–H and O–H groups in total. The number of nitrogen functional groups attached to an aromatic ring is 1. The Bertz CT molecular complexity index is 856. The van der Waals surface area contributed by atoms with E-state index >= 15 is 0 Å². The second-order valence-corrected chi connectivity index (χ2v) is 8.56. The van der Waals surface area contributed by atoms with Crippen LogP contribution in [-0.2, 0) is 19.9 Å². The van der Waals surface area contributed by atoms with Crippen molar-refractivity contribution in [2.75, 3.05) is 16.2 Å². The standard InChI is InChI=1S/C14H16N2O4S2/c1-2-21(17,18)13-9-5-12(6-10-13)16-22(19,20)14-7-3-11(15)4-8-14/h3-10,16H,2,15H2,1H3. The largest absolute Gasteiger partial charge is 0.399 e. The number of nitrogens with one attached hydrogen (secondary N) is 1. The van der Waals surface area contributed by atoms with Crippen LogP contribution in [0.4, 0.5) is 11.4 Å². The normalized spacial score (nSPS) is 12.0. The lowest BCUT2D eigenvalue weighted by molar-refractivity contribution is 0.597. The molecule has 0 heterocycles. The molecule has 22 heavy (non-hydrogen) atoms. The minimum atomic E-state index is -3.74. The van der Waals surface area contributed by atoms with Crippen LogP contribution in [0, 0.1) is 0 Å². The van der Waals surface area contributed by atoms with Crippen LogP contribution in [0.25, 0.3) is 0 Å². The summed E-state index contributed by atoms with van der Waals surface area (Å²) in [4.78, 5) is 0.234. The van der Waals surface area contributed by atoms with Gasteiger partial charge >= 0.3 is 0 Å². The van der Waals surface area contributed by atoms with E-state index in [0.29, 0.717) is 5.69 Å². The topological polar surface area (TPSA) is 106 Å². The molecule has 0 fully saturated rings. The summed E-state index contributed by atoms with van der Waals surface area (Å²) < 4.78 is 50.1. The van der Waals surface area contributed by atoms with Crippen LogP contribution in [0.5, 0.6) is 0 Å². The molecule has 0 aromatic heterocycles. The van der Waals surface area contributed by atoms with Crippen molar-refractivity contribution in [1.29, 1.82) is 0 Å². The van der Waals surface area contributed by atoms with E-state index in [-0.39, 0.29) is 21.2 Å². The van der Waals surface area contributed by atoms with Gasteiger partial charge in [0.25, 0.3) is 10.0 Å². The van der Waals surface area contributed by atoms with Crippen molar-refractivity contribution >= 4 is 31.2 Å². The number of sulfone groups is 1. The molecule has 0 amide bonds. The zero-order valence-corrected chi connectivity index (χ0v) is 13.5. The summed E-state index contributed by atoms with van der Waals surface area (Å²) in [6.45, 7) is 1.55. The van der Waals surface area contributed by atoms with Gasteiger partial charge in [0, 0.05) is 11.4 Å². The zero-order valence-electron chi connectivity index (χ0n) is 11.9. The van der Waals surface area contributed by atoms with Gasteiger partial charge in [0.05, 0.1) is 15.5 Å². The fourth-order valence-electron chi connectivity index (χ4n) is 1.76. The minimum absolute atomic E-state index is 0.0104. The molecule has 8 heteroatoms. The van der Waals surface area contributed by atoms with Gasteiger partial charge in [-0.2, -0.15) is 0 Å². The SMILES string of the molecule is CCS(=O)(=O)c1ccc(NS(=O)(=O)c2ccc(N)cc2)cc1. The van der Waals surface area contributed by atoms with Crippen molar-refractivity contribution in [1.82, 2.24) is 0 Å². The maximum absolute atomic E-state index is 12.2. The first kappa shape index (κ1) is 16.3. The Morgan fingerprint density at radius 3 is 1.86 bits per heavy atom. The number of anilines is 2. The monoisotopic (exact) mass is 340 g/mol. The lowest BCUT2D eigenvalue weighted by Gasteiger charge is -2.09. The molecule has 0 radical (unpaired) electrons. The van der Waals surface area contributed by atoms with Gasteiger partial charge in [0.2, 0.25) is 0 Å². The van der Waals surface area contributed by atoms with Gasteiger partial charge in [0.1, 0.15) is 0 Å². The number of benzene rings is 2. The molecule has 2 aromatic rings. The smallest absolute Gasteiger partial charge is 0.261 e. The van der Waals surface area contributed by atoms with Gasteiger partial charge in [-0.3, -0.25) is 4.72 Å². The number of nitrogens with two attached hydrogens (primary N) is 1. The molecule has 2 rings (SSSR count). The number of hydrogen-bond acceptors (Lipinski definition) is 5. The Labute approximate surface area is 129 Å². The molecule has 2 aromatic carbocycles. The summed E-state index contributed by atoms with van der Waals surface area (Å²) >= 11 is 0. The first-order valence-electron chi connectivity index (χ1n) is 6.46. The molecule has 0 aliphatic rings. The number of rotatable bonds is 5. The summed E-state index contributed by atoms with van der Waals surface area (Å²) in [5, 5.41) is 0. The average molecular weight is 340 g/mol. The molecule has 118 valence electrons. The van der Waals surface area contributed by atoms with E-state index in [2.05, 4.69) is 4.72 Å². The molecule has 0 unspecified atom stereocenters. The fraction of sp³-hybridized carbons (Fsp3) is 0.143. The van der Waals surface area contributed by atoms with Crippen molar-refractivity contribution in [3.05, 3.63) is 48.5 Å². The van der Waals surface area contributed by atoms with Gasteiger partial charge in [-0.1, -0.05) is 6.92 Å². The third kappa shape index (κ3) is 3.58. The fourth-order valence-corrected chi connectivity index (χ4v) is 3.70. The van der Waals surface area contributed by atoms with E-state index < -0.39 is 19.9 Å². The highest BCUT2D eigenvalue weighted by atomic mass is 32.2. The van der Waals surface area contributed by atoms with Crippen LogP contribution in [0.15, 0.2) is 58.3 Å². The first-order valence-corrected chi connectivity index (χ1v) is 9.59. The van der Waals surface area contributed by atoms with Gasteiger partial charge in [-0.05, 0) is 48.5 Å². The van der Waals surface area contributed by atoms with Crippen molar-refractivity contribution in [3.8, 4) is 0 Å². The summed E-state index contributed by atoms with van der Waals surface area (Å²) in [7, 11) is -7.05. The molecule has 0 saturated heterocycles. The third-order valence-corrected chi connectivity index (χ3v) is 6.18. The van der Waals surface area contributed by atoms with Crippen molar-refractivity contribution in [2.45, 2.75) is 16.7 Å². The van der Waals surface area contributed by atoms with Crippen molar-refractivity contribution < 1.29 is 16.8 Å². The Balaban J connectivity index is 2.25. The average Bonchev–Trinajstić information content (AvgIpc) is 2.48. The Kier molecular flexibility index (Phi) is 4.43. The third-order valence-electron chi connectivity index (χ3n) is 3.04. The molecule has 6 nitrogen and oxygen atoms in total. The molecule has 0 saturated carbocycles. The lowest BCUT2D eigenvalue weighted by atomic mass is 10.3. The number of hydrogen-bond donors (Lipinski definition) is 2. The summed E-state index contributed by atoms with van der Waals surface area (Å²) in [5.41, 5.74) is 6.27. The molecule has 0 atom stereocenters. The van der Waals surface area contributed by atoms with Gasteiger partial charge in [-0.15, -0.1) is 0 Å². The maximum atomic E-state index is 12.2. The Morgan fingerprint density at radius 2 is 1.36 bits per heavy atom. The predicted molar refractivity (Wildman–Crippen MR) is 85.8 cm³/mol. The van der Waals surface area contributed by atoms with Crippen LogP contribution >= 0.6 is 0 Å². The van der Waals surface area contributed by atoms with E-state index in [4.69, 9.17) is 5.73 Å². The summed E-state index contributed by atoms with van der Waals surface area (Å²) in [6.07, 6.45) is 0. The van der Waals surface area contributed by atoms with E-state index in [9.17, 15) is 16.8 Å². The quantitative estimate of drug-likeness (QED) is 0.808. The predicted octanol–water partition coefficient (Wildman–Crippen LogP) is 1.86. The molecule has 0 aliphatic carbocycles. The molecular weight excluding hydrogens is 324 g/mol. The highest BCUT2D eigenvalue weighted by molar-refractivity contribution is 7.92. The van der Waals surface area contributed by atoms with Crippen molar-refractivity contribution in [2.24, 2.45) is 0 Å². The molecule has 0 bridgehead atoms. The zero-order chi connectivity index (χ0) is 16.4. The van der Waals surface area contributed by atoms with Gasteiger partial charge < -0.3 is 5.73 Å². The highest BCUT2D eigenvalue weighted by Crippen LogP contribution is 2.19. The first-order chi connectivity index (χ1) is 10.2. The van der Waals surface area contributed by atoms with Gasteiger partial charge in [0.15, 0.2) is 9.84 Å². The minimum Gasteiger partial charge on any atom is -0.399 e. The van der Waals surface area contributed by atoms with E-state index in [1.807, 2.05) is 0 Å². The Morgan fingerprint density at radius 1 is 0.864 bits per heavy atom. The van der Waals surface area contributed by atoms with Crippen LogP contribution in [0.3, 0.4) is 0 Å². The van der Waals surface area contributed by atoms with E-state index in [1.165, 1.54) is 48.5 Å². The van der Waals surface area contributed by atoms with Gasteiger partial charge in [-0.25, -0.2) is 16.8 Å². The van der Waals surface area contributed by atoms with Crippen LogP contribution in [-0.4, -0.2) is 22.6 Å². The number of sulfonamides is 1. The lowest BCUT2D eigenvalue weighted by Crippen LogP contribution is -2.13. The van der Waals surface area contributed by atoms with E-state index in [0.717, 1.165) is 0 Å². The van der Waals surface area contributed by atoms with E-state index in [1.54, 1.807) is 6.92 Å². The molecule has 0 spiro atoms. The van der Waals surface area contributed by atoms with Crippen LogP contribution in [0.2, 0.25) is 0 Å². The van der Waals surface area contributed by atoms with Crippen LogP contribution in [0.1, 0.15) is 6.92 Å². The second kappa shape index (κ2) is 5.98.